The Balaban J connectivity index is 0.00000243. The zero-order valence-corrected chi connectivity index (χ0v) is 17.8. The van der Waals surface area contributed by atoms with Crippen LogP contribution in [0.5, 0.6) is 0 Å². The maximum Gasteiger partial charge on any atom is 0.303 e. The largest absolute Gasteiger partial charge is 0.481 e. The molecule has 0 saturated carbocycles. The van der Waals surface area contributed by atoms with E-state index in [1.807, 2.05) is 29.9 Å². The summed E-state index contributed by atoms with van der Waals surface area (Å²) < 4.78 is 1.87. The Morgan fingerprint density at radius 1 is 1.27 bits per heavy atom. The van der Waals surface area contributed by atoms with Gasteiger partial charge in [0, 0.05) is 19.8 Å². The van der Waals surface area contributed by atoms with E-state index in [9.17, 15) is 9.90 Å². The van der Waals surface area contributed by atoms with Crippen molar-refractivity contribution in [2.45, 2.75) is 38.6 Å². The highest BCUT2D eigenvalue weighted by molar-refractivity contribution is 14.0. The third-order valence-corrected chi connectivity index (χ3v) is 5.31. The second-order valence-corrected chi connectivity index (χ2v) is 7.16. The predicted octanol–water partition coefficient (Wildman–Crippen LogP) is 3.82. The average molecular weight is 469 g/mol. The molecule has 1 aromatic heterocycles. The van der Waals surface area contributed by atoms with Gasteiger partial charge in [-0.25, -0.2) is 0 Å². The molecule has 142 valence electrons. The van der Waals surface area contributed by atoms with E-state index in [2.05, 4.69) is 35.3 Å². The van der Waals surface area contributed by atoms with Crippen LogP contribution in [0.3, 0.4) is 0 Å². The summed E-state index contributed by atoms with van der Waals surface area (Å²) in [5, 5.41) is 13.9. The number of nitrogens with zero attached hydrogens (tertiary/aromatic N) is 3. The first-order valence-corrected chi connectivity index (χ1v) is 9.01. The van der Waals surface area contributed by atoms with E-state index in [-0.39, 0.29) is 36.3 Å². The smallest absolute Gasteiger partial charge is 0.303 e. The zero-order valence-electron chi connectivity index (χ0n) is 15.5. The lowest BCUT2D eigenvalue weighted by Gasteiger charge is -2.35. The molecule has 2 aromatic rings. The highest BCUT2D eigenvalue weighted by Gasteiger charge is 2.29. The van der Waals surface area contributed by atoms with E-state index in [1.165, 1.54) is 5.56 Å². The second-order valence-electron chi connectivity index (χ2n) is 7.16. The molecular weight excluding hydrogens is 441 g/mol. The van der Waals surface area contributed by atoms with Crippen molar-refractivity contribution in [2.75, 3.05) is 13.1 Å². The average Bonchev–Trinajstić information content (AvgIpc) is 2.91. The van der Waals surface area contributed by atoms with Crippen molar-refractivity contribution in [1.82, 2.24) is 14.7 Å². The van der Waals surface area contributed by atoms with Gasteiger partial charge in [0.05, 0.1) is 12.1 Å². The van der Waals surface area contributed by atoms with Gasteiger partial charge in [0.25, 0.3) is 0 Å². The van der Waals surface area contributed by atoms with Crippen molar-refractivity contribution in [1.29, 1.82) is 0 Å². The van der Waals surface area contributed by atoms with Crippen LogP contribution in [0.15, 0.2) is 36.5 Å². The molecule has 3 rings (SSSR count). The normalized spacial score (nSPS) is 16.8. The lowest BCUT2D eigenvalue weighted by atomic mass is 9.78. The number of benzene rings is 1. The van der Waals surface area contributed by atoms with E-state index < -0.39 is 5.97 Å². The SMILES string of the molecule is Cc1cn(C)nc1CN1CCC(C(CC(=O)O)c2ccccc2)CC1.I. The topological polar surface area (TPSA) is 58.4 Å². The van der Waals surface area contributed by atoms with Crippen LogP contribution in [0.4, 0.5) is 0 Å². The van der Waals surface area contributed by atoms with Gasteiger partial charge in [-0.15, -0.1) is 24.0 Å². The Morgan fingerprint density at radius 3 is 2.46 bits per heavy atom. The van der Waals surface area contributed by atoms with Crippen LogP contribution < -0.4 is 0 Å². The van der Waals surface area contributed by atoms with Crippen LogP contribution in [0, 0.1) is 12.8 Å². The van der Waals surface area contributed by atoms with Gasteiger partial charge in [-0.3, -0.25) is 14.4 Å². The molecule has 0 bridgehead atoms. The summed E-state index contributed by atoms with van der Waals surface area (Å²) in [4.78, 5) is 13.8. The molecule has 2 heterocycles. The van der Waals surface area contributed by atoms with Crippen molar-refractivity contribution in [3.8, 4) is 0 Å². The number of aryl methyl sites for hydroxylation is 2. The molecule has 5 nitrogen and oxygen atoms in total. The Hall–Kier alpha value is -1.41. The Labute approximate surface area is 172 Å². The Bertz CT molecular complexity index is 709. The summed E-state index contributed by atoms with van der Waals surface area (Å²) in [6, 6.07) is 10.1. The molecule has 1 aliphatic heterocycles. The molecule has 0 radical (unpaired) electrons. The molecule has 1 unspecified atom stereocenters. The summed E-state index contributed by atoms with van der Waals surface area (Å²) in [6.07, 6.45) is 4.35. The third-order valence-electron chi connectivity index (χ3n) is 5.31. The van der Waals surface area contributed by atoms with E-state index in [1.54, 1.807) is 0 Å². The third kappa shape index (κ3) is 5.30. The molecular formula is C20H28IN3O2. The van der Waals surface area contributed by atoms with Crippen molar-refractivity contribution >= 4 is 29.9 Å². The highest BCUT2D eigenvalue weighted by atomic mass is 127. The molecule has 0 amide bonds. The number of piperidine rings is 1. The van der Waals surface area contributed by atoms with E-state index in [0.29, 0.717) is 5.92 Å². The van der Waals surface area contributed by atoms with Crippen LogP contribution in [-0.2, 0) is 18.4 Å². The van der Waals surface area contributed by atoms with Gasteiger partial charge in [0.15, 0.2) is 0 Å². The van der Waals surface area contributed by atoms with Crippen LogP contribution in [0.2, 0.25) is 0 Å². The molecule has 1 aromatic carbocycles. The molecule has 0 aliphatic carbocycles. The summed E-state index contributed by atoms with van der Waals surface area (Å²) in [5.74, 6) is -0.169. The van der Waals surface area contributed by atoms with Gasteiger partial charge in [-0.2, -0.15) is 5.10 Å². The number of hydrogen-bond acceptors (Lipinski definition) is 3. The quantitative estimate of drug-likeness (QED) is 0.654. The first-order valence-electron chi connectivity index (χ1n) is 9.01. The van der Waals surface area contributed by atoms with Gasteiger partial charge in [0.2, 0.25) is 0 Å². The lowest BCUT2D eigenvalue weighted by Crippen LogP contribution is -2.36. The molecule has 1 aliphatic rings. The van der Waals surface area contributed by atoms with Crippen LogP contribution in [-0.4, -0.2) is 38.8 Å². The Kier molecular flexibility index (Phi) is 7.64. The maximum absolute atomic E-state index is 11.3. The summed E-state index contributed by atoms with van der Waals surface area (Å²) in [6.45, 7) is 5.00. The Morgan fingerprint density at radius 2 is 1.92 bits per heavy atom. The van der Waals surface area contributed by atoms with E-state index in [0.717, 1.165) is 43.7 Å². The van der Waals surface area contributed by atoms with Crippen LogP contribution in [0.25, 0.3) is 0 Å². The number of aromatic nitrogens is 2. The number of aliphatic carboxylic acids is 1. The standard InChI is InChI=1S/C20H27N3O2.HI/c1-15-13-22(2)21-19(15)14-23-10-8-17(9-11-23)18(12-20(24)25)16-6-4-3-5-7-16;/h3-7,13,17-18H,8-12,14H2,1-2H3,(H,24,25);1H. The molecule has 26 heavy (non-hydrogen) atoms. The fourth-order valence-corrected chi connectivity index (χ4v) is 3.98. The summed E-state index contributed by atoms with van der Waals surface area (Å²) >= 11 is 0. The minimum atomic E-state index is -0.708. The molecule has 1 N–H and O–H groups in total. The summed E-state index contributed by atoms with van der Waals surface area (Å²) in [7, 11) is 1.96. The van der Waals surface area contributed by atoms with Crippen LogP contribution in [0.1, 0.15) is 42.0 Å². The van der Waals surface area contributed by atoms with Crippen molar-refractivity contribution in [3.05, 3.63) is 53.3 Å². The monoisotopic (exact) mass is 469 g/mol. The van der Waals surface area contributed by atoms with Gasteiger partial charge in [0.1, 0.15) is 0 Å². The number of rotatable bonds is 6. The van der Waals surface area contributed by atoms with Gasteiger partial charge in [-0.05, 0) is 55.8 Å². The number of halogens is 1. The number of carbonyl (C=O) groups is 1. The van der Waals surface area contributed by atoms with Crippen molar-refractivity contribution in [2.24, 2.45) is 13.0 Å². The lowest BCUT2D eigenvalue weighted by molar-refractivity contribution is -0.137. The zero-order chi connectivity index (χ0) is 17.8. The molecule has 1 saturated heterocycles. The number of hydrogen-bond donors (Lipinski definition) is 1. The van der Waals surface area contributed by atoms with Gasteiger partial charge < -0.3 is 5.11 Å². The molecule has 1 atom stereocenters. The fourth-order valence-electron chi connectivity index (χ4n) is 3.98. The van der Waals surface area contributed by atoms with Gasteiger partial charge >= 0.3 is 5.97 Å². The van der Waals surface area contributed by atoms with Crippen molar-refractivity contribution in [3.63, 3.8) is 0 Å². The van der Waals surface area contributed by atoms with Crippen molar-refractivity contribution < 1.29 is 9.90 Å². The maximum atomic E-state index is 11.3. The molecule has 0 spiro atoms. The number of likely N-dealkylation sites (tertiary alicyclic amines) is 1. The first kappa shape index (κ1) is 20.9. The van der Waals surface area contributed by atoms with Gasteiger partial charge in [-0.1, -0.05) is 30.3 Å². The number of carboxylic acids is 1. The van der Waals surface area contributed by atoms with E-state index >= 15 is 0 Å². The molecule has 1 fully saturated rings. The van der Waals surface area contributed by atoms with Crippen LogP contribution >= 0.6 is 24.0 Å². The minimum Gasteiger partial charge on any atom is -0.481 e. The highest BCUT2D eigenvalue weighted by Crippen LogP contribution is 2.35. The first-order chi connectivity index (χ1) is 12.0. The predicted molar refractivity (Wildman–Crippen MR) is 113 cm³/mol. The fraction of sp³-hybridized carbons (Fsp3) is 0.500. The van der Waals surface area contributed by atoms with E-state index in [4.69, 9.17) is 0 Å². The minimum absolute atomic E-state index is 0. The second kappa shape index (κ2) is 9.50. The molecule has 6 heteroatoms. The number of carboxylic acid groups (broad SMARTS) is 1. The summed E-state index contributed by atoms with van der Waals surface area (Å²) in [5.41, 5.74) is 3.53.